The zero-order valence-electron chi connectivity index (χ0n) is 7.96. The zero-order chi connectivity index (χ0) is 10.7. The van der Waals surface area contributed by atoms with Crippen molar-refractivity contribution in [3.05, 3.63) is 28.8 Å². The fourth-order valence-corrected chi connectivity index (χ4v) is 1.22. The van der Waals surface area contributed by atoms with E-state index in [4.69, 9.17) is 10.4 Å². The largest absolute Gasteiger partial charge is 0.478 e. The van der Waals surface area contributed by atoms with Gasteiger partial charge < -0.3 is 5.11 Å². The summed E-state index contributed by atoms with van der Waals surface area (Å²) in [4.78, 5) is 10.8. The maximum Gasteiger partial charge on any atom is 0.336 e. The first-order chi connectivity index (χ1) is 6.56. The number of nitrogens with one attached hydrogen (secondary N) is 1. The molecule has 1 aromatic rings. The molecule has 4 heteroatoms. The molecular formula is C10H10N2O2. The molecule has 4 nitrogen and oxygen atoms in total. The van der Waals surface area contributed by atoms with Crippen molar-refractivity contribution in [1.82, 2.24) is 0 Å². The Hall–Kier alpha value is -2.02. The van der Waals surface area contributed by atoms with Gasteiger partial charge in [0, 0.05) is 5.69 Å². The number of carboxylic acid groups (broad SMARTS) is 1. The van der Waals surface area contributed by atoms with Gasteiger partial charge in [-0.2, -0.15) is 5.26 Å². The third-order valence-electron chi connectivity index (χ3n) is 2.10. The molecule has 0 amide bonds. The topological polar surface area (TPSA) is 73.1 Å². The van der Waals surface area contributed by atoms with E-state index in [1.807, 2.05) is 6.92 Å². The first-order valence-corrected chi connectivity index (χ1v) is 4.06. The maximum absolute atomic E-state index is 10.8. The minimum atomic E-state index is -0.979. The number of carboxylic acids is 1. The van der Waals surface area contributed by atoms with Gasteiger partial charge in [-0.05, 0) is 37.1 Å². The lowest BCUT2D eigenvalue weighted by molar-refractivity contribution is 0.0696. The van der Waals surface area contributed by atoms with Crippen molar-refractivity contribution in [2.75, 3.05) is 5.32 Å². The average Bonchev–Trinajstić information content (AvgIpc) is 2.11. The summed E-state index contributed by atoms with van der Waals surface area (Å²) in [6, 6.07) is 3.19. The van der Waals surface area contributed by atoms with Gasteiger partial charge in [-0.15, -0.1) is 0 Å². The van der Waals surface area contributed by atoms with Crippen LogP contribution in [-0.2, 0) is 0 Å². The molecule has 0 radical (unpaired) electrons. The number of anilines is 1. The lowest BCUT2D eigenvalue weighted by Gasteiger charge is -2.07. The monoisotopic (exact) mass is 190 g/mol. The Balaban J connectivity index is 3.29. The van der Waals surface area contributed by atoms with Crippen LogP contribution in [0.4, 0.5) is 5.69 Å². The van der Waals surface area contributed by atoms with Gasteiger partial charge in [0.1, 0.15) is 0 Å². The fourth-order valence-electron chi connectivity index (χ4n) is 1.22. The zero-order valence-corrected chi connectivity index (χ0v) is 7.96. The number of rotatable bonds is 2. The van der Waals surface area contributed by atoms with Gasteiger partial charge >= 0.3 is 5.97 Å². The van der Waals surface area contributed by atoms with Crippen LogP contribution < -0.4 is 5.32 Å². The van der Waals surface area contributed by atoms with Crippen molar-refractivity contribution < 1.29 is 9.90 Å². The van der Waals surface area contributed by atoms with Crippen LogP contribution in [0.25, 0.3) is 0 Å². The molecular weight excluding hydrogens is 180 g/mol. The molecule has 0 saturated carbocycles. The van der Waals surface area contributed by atoms with Crippen LogP contribution in [0.5, 0.6) is 0 Å². The van der Waals surface area contributed by atoms with E-state index >= 15 is 0 Å². The first-order valence-electron chi connectivity index (χ1n) is 4.06. The summed E-state index contributed by atoms with van der Waals surface area (Å²) in [5, 5.41) is 19.7. The summed E-state index contributed by atoms with van der Waals surface area (Å²) in [5.41, 5.74) is 2.30. The highest BCUT2D eigenvalue weighted by molar-refractivity contribution is 5.91. The molecule has 0 aliphatic heterocycles. The molecule has 0 heterocycles. The van der Waals surface area contributed by atoms with Crippen molar-refractivity contribution >= 4 is 11.7 Å². The minimum Gasteiger partial charge on any atom is -0.478 e. The molecule has 0 bridgehead atoms. The van der Waals surface area contributed by atoms with E-state index in [-0.39, 0.29) is 5.56 Å². The third-order valence-corrected chi connectivity index (χ3v) is 2.10. The van der Waals surface area contributed by atoms with E-state index in [9.17, 15) is 4.79 Å². The second kappa shape index (κ2) is 3.79. The van der Waals surface area contributed by atoms with Gasteiger partial charge in [0.25, 0.3) is 0 Å². The lowest BCUT2D eigenvalue weighted by atomic mass is 10.0. The Kier molecular flexibility index (Phi) is 2.73. The van der Waals surface area contributed by atoms with Crippen LogP contribution in [-0.4, -0.2) is 11.1 Å². The number of aromatic carboxylic acids is 1. The molecule has 1 aromatic carbocycles. The predicted octanol–water partition coefficient (Wildman–Crippen LogP) is 1.89. The number of aryl methyl sites for hydroxylation is 1. The fraction of sp³-hybridized carbons (Fsp3) is 0.200. The minimum absolute atomic E-state index is 0.225. The van der Waals surface area contributed by atoms with Crippen LogP contribution in [0.2, 0.25) is 0 Å². The van der Waals surface area contributed by atoms with E-state index in [0.29, 0.717) is 5.69 Å². The second-order valence-corrected chi connectivity index (χ2v) is 3.01. The number of benzene rings is 1. The number of nitrogens with zero attached hydrogens (tertiary/aromatic N) is 1. The maximum atomic E-state index is 10.8. The molecule has 0 aliphatic carbocycles. The average molecular weight is 190 g/mol. The summed E-state index contributed by atoms with van der Waals surface area (Å²) in [6.07, 6.45) is 1.75. The summed E-state index contributed by atoms with van der Waals surface area (Å²) < 4.78 is 0. The van der Waals surface area contributed by atoms with Crippen LogP contribution in [0.3, 0.4) is 0 Å². The van der Waals surface area contributed by atoms with Gasteiger partial charge in [0.15, 0.2) is 6.19 Å². The highest BCUT2D eigenvalue weighted by atomic mass is 16.4. The Morgan fingerprint density at radius 2 is 2.14 bits per heavy atom. The molecule has 0 saturated heterocycles. The van der Waals surface area contributed by atoms with Gasteiger partial charge in [0.2, 0.25) is 0 Å². The first kappa shape index (κ1) is 10.1. The summed E-state index contributed by atoms with van der Waals surface area (Å²) in [5.74, 6) is -0.979. The van der Waals surface area contributed by atoms with Crippen molar-refractivity contribution in [1.29, 1.82) is 5.26 Å². The van der Waals surface area contributed by atoms with Gasteiger partial charge in [0.05, 0.1) is 5.56 Å². The lowest BCUT2D eigenvalue weighted by Crippen LogP contribution is -2.03. The molecule has 0 spiro atoms. The summed E-state index contributed by atoms with van der Waals surface area (Å²) >= 11 is 0. The molecule has 72 valence electrons. The van der Waals surface area contributed by atoms with E-state index in [2.05, 4.69) is 5.32 Å². The van der Waals surface area contributed by atoms with Crippen LogP contribution in [0.15, 0.2) is 12.1 Å². The van der Waals surface area contributed by atoms with Gasteiger partial charge in [-0.1, -0.05) is 0 Å². The highest BCUT2D eigenvalue weighted by Gasteiger charge is 2.10. The normalized spacial score (nSPS) is 9.21. The molecule has 0 aromatic heterocycles. The van der Waals surface area contributed by atoms with Gasteiger partial charge in [-0.3, -0.25) is 5.32 Å². The predicted molar refractivity (Wildman–Crippen MR) is 52.1 cm³/mol. The third kappa shape index (κ3) is 1.83. The molecule has 2 N–H and O–H groups in total. The molecule has 0 fully saturated rings. The quantitative estimate of drug-likeness (QED) is 0.551. The number of carbonyl (C=O) groups is 1. The summed E-state index contributed by atoms with van der Waals surface area (Å²) in [6.45, 7) is 3.55. The van der Waals surface area contributed by atoms with Crippen molar-refractivity contribution in [3.8, 4) is 6.19 Å². The van der Waals surface area contributed by atoms with E-state index in [0.717, 1.165) is 11.1 Å². The van der Waals surface area contributed by atoms with Crippen LogP contribution in [0, 0.1) is 25.3 Å². The van der Waals surface area contributed by atoms with Crippen molar-refractivity contribution in [2.24, 2.45) is 0 Å². The van der Waals surface area contributed by atoms with E-state index in [1.165, 1.54) is 6.07 Å². The molecule has 0 unspecified atom stereocenters. The number of nitriles is 1. The smallest absolute Gasteiger partial charge is 0.336 e. The molecule has 1 rings (SSSR count). The Morgan fingerprint density at radius 3 is 2.64 bits per heavy atom. The summed E-state index contributed by atoms with van der Waals surface area (Å²) in [7, 11) is 0. The SMILES string of the molecule is Cc1cc(NC#N)cc(C(=O)O)c1C. The standard InChI is InChI=1S/C10H10N2O2/c1-6-3-8(12-5-11)4-9(7(6)2)10(13)14/h3-4,12H,1-2H3,(H,13,14). The number of hydrogen-bond acceptors (Lipinski definition) is 3. The Bertz CT molecular complexity index is 419. The van der Waals surface area contributed by atoms with Crippen molar-refractivity contribution in [2.45, 2.75) is 13.8 Å². The Morgan fingerprint density at radius 1 is 1.50 bits per heavy atom. The van der Waals surface area contributed by atoms with Crippen LogP contribution >= 0.6 is 0 Å². The number of hydrogen-bond donors (Lipinski definition) is 2. The van der Waals surface area contributed by atoms with Gasteiger partial charge in [-0.25, -0.2) is 4.79 Å². The van der Waals surface area contributed by atoms with E-state index < -0.39 is 5.97 Å². The molecule has 0 atom stereocenters. The van der Waals surface area contributed by atoms with Crippen molar-refractivity contribution in [3.63, 3.8) is 0 Å². The molecule has 14 heavy (non-hydrogen) atoms. The van der Waals surface area contributed by atoms with E-state index in [1.54, 1.807) is 19.2 Å². The Labute approximate surface area is 81.8 Å². The van der Waals surface area contributed by atoms with Crippen LogP contribution in [0.1, 0.15) is 21.5 Å². The molecule has 0 aliphatic rings. The second-order valence-electron chi connectivity index (χ2n) is 3.01. The highest BCUT2D eigenvalue weighted by Crippen LogP contribution is 2.19.